The van der Waals surface area contributed by atoms with E-state index in [0.717, 1.165) is 18.6 Å². The maximum atomic E-state index is 10.3. The van der Waals surface area contributed by atoms with Crippen LogP contribution < -0.4 is 0 Å². The predicted molar refractivity (Wildman–Crippen MR) is 55.1 cm³/mol. The number of hydrogen-bond donors (Lipinski definition) is 0. The Labute approximate surface area is 85.3 Å². The van der Waals surface area contributed by atoms with Gasteiger partial charge < -0.3 is 9.53 Å². The fourth-order valence-electron chi connectivity index (χ4n) is 2.20. The van der Waals surface area contributed by atoms with Gasteiger partial charge in [0.05, 0.1) is 6.10 Å². The molecule has 1 saturated heterocycles. The van der Waals surface area contributed by atoms with Gasteiger partial charge in [-0.05, 0) is 25.2 Å². The lowest BCUT2D eigenvalue weighted by molar-refractivity contribution is -0.108. The molecule has 0 radical (unpaired) electrons. The Hall–Kier alpha value is -0.630. The van der Waals surface area contributed by atoms with E-state index in [0.29, 0.717) is 0 Å². The summed E-state index contributed by atoms with van der Waals surface area (Å²) in [5.41, 5.74) is 0. The summed E-state index contributed by atoms with van der Waals surface area (Å²) >= 11 is 0. The molecule has 1 aliphatic carbocycles. The minimum absolute atomic E-state index is 0.106. The van der Waals surface area contributed by atoms with Crippen LogP contribution in [0.3, 0.4) is 0 Å². The Bertz CT molecular complexity index is 216. The molecule has 14 heavy (non-hydrogen) atoms. The summed E-state index contributed by atoms with van der Waals surface area (Å²) in [4.78, 5) is 10.3. The zero-order valence-corrected chi connectivity index (χ0v) is 8.52. The van der Waals surface area contributed by atoms with E-state index in [2.05, 4.69) is 12.2 Å². The monoisotopic (exact) mass is 194 g/mol. The molecule has 2 atom stereocenters. The van der Waals surface area contributed by atoms with Crippen molar-refractivity contribution in [2.24, 2.45) is 5.92 Å². The van der Waals surface area contributed by atoms with Crippen LogP contribution in [-0.2, 0) is 9.53 Å². The third-order valence-electron chi connectivity index (χ3n) is 3.18. The second kappa shape index (κ2) is 4.74. The third-order valence-corrected chi connectivity index (χ3v) is 3.18. The molecule has 78 valence electrons. The zero-order valence-electron chi connectivity index (χ0n) is 8.52. The molecule has 0 bridgehead atoms. The zero-order chi connectivity index (χ0) is 9.80. The lowest BCUT2D eigenvalue weighted by atomic mass is 9.89. The molecule has 1 heterocycles. The predicted octanol–water partition coefficient (Wildman–Crippen LogP) is 2.48. The number of carbonyl (C=O) groups is 1. The van der Waals surface area contributed by atoms with Gasteiger partial charge in [0, 0.05) is 0 Å². The molecule has 2 aliphatic rings. The topological polar surface area (TPSA) is 29.6 Å². The van der Waals surface area contributed by atoms with Crippen LogP contribution in [0.2, 0.25) is 0 Å². The minimum atomic E-state index is -0.106. The molecule has 0 amide bonds. The standard InChI is InChI=1S/C12H18O2/c13-9-12-11(14-12)8-4-7-10-5-2-1-3-6-10/h4,7,9-12H,1-3,5-6,8H2/t11-,12+/m0/s1. The van der Waals surface area contributed by atoms with Gasteiger partial charge in [-0.25, -0.2) is 0 Å². The molecule has 0 N–H and O–H groups in total. The molecule has 2 rings (SSSR count). The summed E-state index contributed by atoms with van der Waals surface area (Å²) in [6, 6.07) is 0. The summed E-state index contributed by atoms with van der Waals surface area (Å²) in [6.07, 6.45) is 13.3. The summed E-state index contributed by atoms with van der Waals surface area (Å²) in [5.74, 6) is 0.789. The molecule has 0 aromatic heterocycles. The highest BCUT2D eigenvalue weighted by Gasteiger charge is 2.37. The van der Waals surface area contributed by atoms with Crippen molar-refractivity contribution < 1.29 is 9.53 Å². The Morgan fingerprint density at radius 1 is 1.21 bits per heavy atom. The van der Waals surface area contributed by atoms with Gasteiger partial charge in [-0.15, -0.1) is 0 Å². The highest BCUT2D eigenvalue weighted by molar-refractivity contribution is 5.60. The maximum absolute atomic E-state index is 10.3. The summed E-state index contributed by atoms with van der Waals surface area (Å²) < 4.78 is 5.14. The van der Waals surface area contributed by atoms with Crippen molar-refractivity contribution in [3.63, 3.8) is 0 Å². The van der Waals surface area contributed by atoms with Gasteiger partial charge in [-0.2, -0.15) is 0 Å². The van der Waals surface area contributed by atoms with E-state index in [-0.39, 0.29) is 12.2 Å². The number of carbonyl (C=O) groups excluding carboxylic acids is 1. The van der Waals surface area contributed by atoms with Crippen LogP contribution in [0.4, 0.5) is 0 Å². The Morgan fingerprint density at radius 3 is 2.64 bits per heavy atom. The molecule has 0 aromatic carbocycles. The molecule has 1 aliphatic heterocycles. The van der Waals surface area contributed by atoms with Crippen molar-refractivity contribution in [1.29, 1.82) is 0 Å². The van der Waals surface area contributed by atoms with E-state index in [1.807, 2.05) is 0 Å². The normalized spacial score (nSPS) is 33.4. The number of allylic oxidation sites excluding steroid dienone is 1. The van der Waals surface area contributed by atoms with E-state index in [9.17, 15) is 4.79 Å². The Kier molecular flexibility index (Phi) is 3.35. The van der Waals surface area contributed by atoms with Crippen LogP contribution in [0.25, 0.3) is 0 Å². The second-order valence-electron chi connectivity index (χ2n) is 4.34. The highest BCUT2D eigenvalue weighted by atomic mass is 16.6. The van der Waals surface area contributed by atoms with Gasteiger partial charge in [0.15, 0.2) is 6.29 Å². The van der Waals surface area contributed by atoms with Crippen molar-refractivity contribution >= 4 is 6.29 Å². The van der Waals surface area contributed by atoms with Crippen LogP contribution in [0.15, 0.2) is 12.2 Å². The van der Waals surface area contributed by atoms with Gasteiger partial charge in [0.25, 0.3) is 0 Å². The average molecular weight is 194 g/mol. The van der Waals surface area contributed by atoms with Gasteiger partial charge in [-0.1, -0.05) is 31.4 Å². The van der Waals surface area contributed by atoms with Crippen LogP contribution >= 0.6 is 0 Å². The van der Waals surface area contributed by atoms with Crippen LogP contribution in [-0.4, -0.2) is 18.5 Å². The molecule has 0 aromatic rings. The van der Waals surface area contributed by atoms with E-state index in [1.165, 1.54) is 32.1 Å². The van der Waals surface area contributed by atoms with Crippen molar-refractivity contribution in [2.75, 3.05) is 0 Å². The molecular formula is C12H18O2. The summed E-state index contributed by atoms with van der Waals surface area (Å²) in [5, 5.41) is 0. The number of rotatable bonds is 4. The smallest absolute Gasteiger partial charge is 0.151 e. The average Bonchev–Trinajstić information content (AvgIpc) is 2.98. The fourth-order valence-corrected chi connectivity index (χ4v) is 2.20. The van der Waals surface area contributed by atoms with Gasteiger partial charge in [0.1, 0.15) is 6.10 Å². The fraction of sp³-hybridized carbons (Fsp3) is 0.750. The number of aldehydes is 1. The first kappa shape index (κ1) is 9.91. The first-order chi connectivity index (χ1) is 6.90. The van der Waals surface area contributed by atoms with Crippen molar-refractivity contribution in [2.45, 2.75) is 50.7 Å². The molecule has 2 nitrogen and oxygen atoms in total. The first-order valence-corrected chi connectivity index (χ1v) is 5.67. The Balaban J connectivity index is 1.64. The lowest BCUT2D eigenvalue weighted by Crippen LogP contribution is -2.02. The van der Waals surface area contributed by atoms with E-state index >= 15 is 0 Å². The summed E-state index contributed by atoms with van der Waals surface area (Å²) in [7, 11) is 0. The molecule has 1 saturated carbocycles. The molecule has 0 unspecified atom stereocenters. The van der Waals surface area contributed by atoms with Crippen molar-refractivity contribution in [1.82, 2.24) is 0 Å². The first-order valence-electron chi connectivity index (χ1n) is 5.67. The molecule has 2 heteroatoms. The third kappa shape index (κ3) is 2.68. The van der Waals surface area contributed by atoms with Crippen LogP contribution in [0.5, 0.6) is 0 Å². The van der Waals surface area contributed by atoms with Gasteiger partial charge in [0.2, 0.25) is 0 Å². The van der Waals surface area contributed by atoms with Crippen LogP contribution in [0, 0.1) is 5.92 Å². The lowest BCUT2D eigenvalue weighted by Gasteiger charge is -2.17. The second-order valence-corrected chi connectivity index (χ2v) is 4.34. The minimum Gasteiger partial charge on any atom is -0.361 e. The van der Waals surface area contributed by atoms with Crippen molar-refractivity contribution in [3.05, 3.63) is 12.2 Å². The van der Waals surface area contributed by atoms with Crippen LogP contribution in [0.1, 0.15) is 38.5 Å². The molecule has 0 spiro atoms. The maximum Gasteiger partial charge on any atom is 0.151 e. The number of epoxide rings is 1. The van der Waals surface area contributed by atoms with Crippen molar-refractivity contribution in [3.8, 4) is 0 Å². The SMILES string of the molecule is O=C[C@H]1O[C@H]1CC=CC1CCCCC1. The number of ether oxygens (including phenoxy) is 1. The quantitative estimate of drug-likeness (QED) is 0.391. The van der Waals surface area contributed by atoms with E-state index < -0.39 is 0 Å². The van der Waals surface area contributed by atoms with E-state index in [1.54, 1.807) is 0 Å². The largest absolute Gasteiger partial charge is 0.361 e. The van der Waals surface area contributed by atoms with Gasteiger partial charge in [-0.3, -0.25) is 0 Å². The molecular weight excluding hydrogens is 176 g/mol. The molecule has 2 fully saturated rings. The Morgan fingerprint density at radius 2 is 2.00 bits per heavy atom. The highest BCUT2D eigenvalue weighted by Crippen LogP contribution is 2.27. The van der Waals surface area contributed by atoms with Gasteiger partial charge >= 0.3 is 0 Å². The summed E-state index contributed by atoms with van der Waals surface area (Å²) in [6.45, 7) is 0. The number of hydrogen-bond acceptors (Lipinski definition) is 2. The van der Waals surface area contributed by atoms with E-state index in [4.69, 9.17) is 4.74 Å².